The van der Waals surface area contributed by atoms with Crippen LogP contribution in [0.25, 0.3) is 6.08 Å². The molecule has 0 saturated heterocycles. The van der Waals surface area contributed by atoms with Gasteiger partial charge in [0.15, 0.2) is 0 Å². The average molecular weight is 385 g/mol. The second-order valence-corrected chi connectivity index (χ2v) is 7.85. The molecule has 1 aromatic heterocycles. The number of carbonyl (C=O) groups is 2. The molecule has 1 N–H and O–H groups in total. The number of hydrogen-bond acceptors (Lipinski definition) is 5. The van der Waals surface area contributed by atoms with E-state index < -0.39 is 11.6 Å². The summed E-state index contributed by atoms with van der Waals surface area (Å²) in [4.78, 5) is 31.2. The SMILES string of the molecule is CCCCNc1nc2c(c3c1Sc1ccc(Cl)cc1C3)C(=O)C(=O)C=C2. The lowest BCUT2D eigenvalue weighted by molar-refractivity contribution is -0.110. The molecule has 0 spiro atoms. The van der Waals surface area contributed by atoms with E-state index >= 15 is 0 Å². The summed E-state index contributed by atoms with van der Waals surface area (Å²) in [5, 5.41) is 4.07. The molecule has 0 atom stereocenters. The number of pyridine rings is 1. The maximum Gasteiger partial charge on any atom is 0.235 e. The molecule has 1 aliphatic carbocycles. The van der Waals surface area contributed by atoms with Gasteiger partial charge in [-0.15, -0.1) is 0 Å². The fourth-order valence-corrected chi connectivity index (χ4v) is 4.56. The van der Waals surface area contributed by atoms with Crippen LogP contribution in [0.3, 0.4) is 0 Å². The lowest BCUT2D eigenvalue weighted by Gasteiger charge is -2.25. The standard InChI is InChI=1S/C20H17ClN2O2S/c1-2-3-8-22-20-19-13(10-11-9-12(21)4-7-16(11)26-19)17-14(23-20)5-6-15(24)18(17)25/h4-7,9H,2-3,8,10H2,1H3,(H,22,23). The Morgan fingerprint density at radius 2 is 2.12 bits per heavy atom. The van der Waals surface area contributed by atoms with Crippen LogP contribution in [0.5, 0.6) is 0 Å². The largest absolute Gasteiger partial charge is 0.369 e. The second kappa shape index (κ2) is 6.89. The van der Waals surface area contributed by atoms with Gasteiger partial charge in [-0.3, -0.25) is 9.59 Å². The highest BCUT2D eigenvalue weighted by molar-refractivity contribution is 7.99. The predicted octanol–water partition coefficient (Wildman–Crippen LogP) is 4.78. The summed E-state index contributed by atoms with van der Waals surface area (Å²) in [6, 6.07) is 5.79. The number of rotatable bonds is 4. The van der Waals surface area contributed by atoms with Gasteiger partial charge in [0.25, 0.3) is 0 Å². The first kappa shape index (κ1) is 17.3. The van der Waals surface area contributed by atoms with Gasteiger partial charge in [0.05, 0.1) is 16.2 Å². The molecule has 0 unspecified atom stereocenters. The smallest absolute Gasteiger partial charge is 0.235 e. The van der Waals surface area contributed by atoms with E-state index in [9.17, 15) is 9.59 Å². The highest BCUT2D eigenvalue weighted by Crippen LogP contribution is 2.46. The van der Waals surface area contributed by atoms with Crippen LogP contribution in [0.15, 0.2) is 34.1 Å². The first-order chi connectivity index (χ1) is 12.6. The van der Waals surface area contributed by atoms with E-state index in [-0.39, 0.29) is 0 Å². The van der Waals surface area contributed by atoms with Crippen LogP contribution in [-0.2, 0) is 11.2 Å². The average Bonchev–Trinajstić information content (AvgIpc) is 2.63. The Kier molecular flexibility index (Phi) is 4.59. The second-order valence-electron chi connectivity index (χ2n) is 6.37. The molecule has 0 fully saturated rings. The van der Waals surface area contributed by atoms with Crippen molar-refractivity contribution in [1.29, 1.82) is 0 Å². The van der Waals surface area contributed by atoms with Crippen molar-refractivity contribution in [2.75, 3.05) is 11.9 Å². The number of allylic oxidation sites excluding steroid dienone is 1. The van der Waals surface area contributed by atoms with Gasteiger partial charge in [-0.25, -0.2) is 4.98 Å². The molecular formula is C20H17ClN2O2S. The van der Waals surface area contributed by atoms with Crippen molar-refractivity contribution >= 4 is 46.8 Å². The van der Waals surface area contributed by atoms with Crippen LogP contribution in [0.2, 0.25) is 5.02 Å². The van der Waals surface area contributed by atoms with Crippen molar-refractivity contribution in [3.63, 3.8) is 0 Å². The van der Waals surface area contributed by atoms with E-state index in [0.717, 1.165) is 46.1 Å². The molecule has 0 amide bonds. The molecule has 2 heterocycles. The molecule has 4 rings (SSSR count). The van der Waals surface area contributed by atoms with E-state index in [0.29, 0.717) is 22.7 Å². The molecule has 0 saturated carbocycles. The van der Waals surface area contributed by atoms with Crippen molar-refractivity contribution in [3.05, 3.63) is 51.7 Å². The topological polar surface area (TPSA) is 59.1 Å². The number of unbranched alkanes of at least 4 members (excludes halogenated alkanes) is 1. The number of nitrogens with one attached hydrogen (secondary N) is 1. The highest BCUT2D eigenvalue weighted by atomic mass is 35.5. The summed E-state index contributed by atoms with van der Waals surface area (Å²) in [7, 11) is 0. The van der Waals surface area contributed by atoms with Crippen molar-refractivity contribution in [3.8, 4) is 0 Å². The van der Waals surface area contributed by atoms with Gasteiger partial charge >= 0.3 is 0 Å². The normalized spacial score (nSPS) is 14.7. The van der Waals surface area contributed by atoms with Crippen LogP contribution in [-0.4, -0.2) is 23.1 Å². The molecule has 0 radical (unpaired) electrons. The third-order valence-electron chi connectivity index (χ3n) is 4.55. The van der Waals surface area contributed by atoms with E-state index in [1.807, 2.05) is 18.2 Å². The molecule has 1 aliphatic heterocycles. The summed E-state index contributed by atoms with van der Waals surface area (Å²) in [5.74, 6) is -0.183. The molecule has 6 heteroatoms. The number of fused-ring (bicyclic) bond motifs is 4. The summed E-state index contributed by atoms with van der Waals surface area (Å²) < 4.78 is 0. The number of Topliss-reactive ketones (excluding diaryl/α,β-unsaturated/α-hetero) is 1. The van der Waals surface area contributed by atoms with Crippen molar-refractivity contribution in [2.45, 2.75) is 36.0 Å². The Morgan fingerprint density at radius 1 is 1.27 bits per heavy atom. The van der Waals surface area contributed by atoms with Crippen LogP contribution in [0.4, 0.5) is 5.82 Å². The zero-order chi connectivity index (χ0) is 18.3. The molecule has 132 valence electrons. The zero-order valence-electron chi connectivity index (χ0n) is 14.3. The highest BCUT2D eigenvalue weighted by Gasteiger charge is 2.32. The number of aromatic nitrogens is 1. The van der Waals surface area contributed by atoms with Gasteiger partial charge < -0.3 is 5.32 Å². The van der Waals surface area contributed by atoms with Crippen LogP contribution >= 0.6 is 23.4 Å². The minimum atomic E-state index is -0.491. The minimum absolute atomic E-state index is 0.437. The quantitative estimate of drug-likeness (QED) is 0.518. The summed E-state index contributed by atoms with van der Waals surface area (Å²) in [6.07, 6.45) is 5.64. The number of hydrogen-bond donors (Lipinski definition) is 1. The molecule has 0 bridgehead atoms. The van der Waals surface area contributed by atoms with E-state index in [2.05, 4.69) is 17.2 Å². The number of ketones is 2. The number of benzene rings is 1. The maximum atomic E-state index is 12.5. The van der Waals surface area contributed by atoms with Crippen molar-refractivity contribution in [1.82, 2.24) is 4.98 Å². The van der Waals surface area contributed by atoms with Crippen LogP contribution in [0, 0.1) is 0 Å². The van der Waals surface area contributed by atoms with E-state index in [1.54, 1.807) is 17.8 Å². The van der Waals surface area contributed by atoms with Crippen molar-refractivity contribution in [2.24, 2.45) is 0 Å². The van der Waals surface area contributed by atoms with E-state index in [1.165, 1.54) is 6.08 Å². The lowest BCUT2D eigenvalue weighted by atomic mass is 9.91. The summed E-state index contributed by atoms with van der Waals surface area (Å²) in [6.45, 7) is 2.96. The Morgan fingerprint density at radius 3 is 2.92 bits per heavy atom. The van der Waals surface area contributed by atoms with Gasteiger partial charge in [0.2, 0.25) is 11.6 Å². The van der Waals surface area contributed by atoms with E-state index in [4.69, 9.17) is 11.6 Å². The molecule has 26 heavy (non-hydrogen) atoms. The Bertz CT molecular complexity index is 969. The van der Waals surface area contributed by atoms with Gasteiger partial charge in [-0.1, -0.05) is 36.7 Å². The number of nitrogens with zero attached hydrogens (tertiary/aromatic N) is 1. The van der Waals surface area contributed by atoms with Gasteiger partial charge in [0, 0.05) is 22.9 Å². The Labute approximate surface area is 161 Å². The Hall–Kier alpha value is -2.11. The monoisotopic (exact) mass is 384 g/mol. The molecule has 4 nitrogen and oxygen atoms in total. The van der Waals surface area contributed by atoms with Crippen molar-refractivity contribution < 1.29 is 9.59 Å². The maximum absolute atomic E-state index is 12.5. The third kappa shape index (κ3) is 2.95. The molecule has 1 aromatic carbocycles. The first-order valence-corrected chi connectivity index (χ1v) is 9.81. The lowest BCUT2D eigenvalue weighted by Crippen LogP contribution is -2.22. The number of halogens is 1. The predicted molar refractivity (Wildman–Crippen MR) is 104 cm³/mol. The van der Waals surface area contributed by atoms with Gasteiger partial charge in [0.1, 0.15) is 5.82 Å². The minimum Gasteiger partial charge on any atom is -0.369 e. The first-order valence-electron chi connectivity index (χ1n) is 8.62. The third-order valence-corrected chi connectivity index (χ3v) is 6.04. The van der Waals surface area contributed by atoms with Gasteiger partial charge in [-0.2, -0.15) is 0 Å². The van der Waals surface area contributed by atoms with Crippen LogP contribution < -0.4 is 5.32 Å². The van der Waals surface area contributed by atoms with Gasteiger partial charge in [-0.05, 0) is 47.9 Å². The number of carbonyl (C=O) groups excluding carboxylic acids is 2. The van der Waals surface area contributed by atoms with Crippen LogP contribution in [0.1, 0.15) is 46.9 Å². The summed E-state index contributed by atoms with van der Waals surface area (Å²) in [5.41, 5.74) is 2.94. The molecule has 2 aromatic rings. The summed E-state index contributed by atoms with van der Waals surface area (Å²) >= 11 is 7.73. The zero-order valence-corrected chi connectivity index (χ0v) is 15.8. The Balaban J connectivity index is 1.86. The fourth-order valence-electron chi connectivity index (χ4n) is 3.23. The molecular weight excluding hydrogens is 368 g/mol. The number of anilines is 1. The fraction of sp³-hybridized carbons (Fsp3) is 0.250. The molecule has 2 aliphatic rings.